The first-order valence-electron chi connectivity index (χ1n) is 9.46. The predicted molar refractivity (Wildman–Crippen MR) is 96.6 cm³/mol. The van der Waals surface area contributed by atoms with E-state index < -0.39 is 5.60 Å². The predicted octanol–water partition coefficient (Wildman–Crippen LogP) is 0.367. The number of amides is 2. The number of imidazole rings is 1. The molecule has 1 aromatic heterocycles. The van der Waals surface area contributed by atoms with Crippen LogP contribution in [-0.2, 0) is 4.79 Å². The van der Waals surface area contributed by atoms with Gasteiger partial charge >= 0.3 is 0 Å². The number of aromatic nitrogens is 2. The fraction of sp³-hybridized carbons (Fsp3) is 0.722. The summed E-state index contributed by atoms with van der Waals surface area (Å²) in [7, 11) is 0. The van der Waals surface area contributed by atoms with Gasteiger partial charge in [0.25, 0.3) is 5.91 Å². The average Bonchev–Trinajstić information content (AvgIpc) is 3.06. The first kappa shape index (κ1) is 18.8. The third kappa shape index (κ3) is 4.82. The number of aliphatic hydroxyl groups is 1. The van der Waals surface area contributed by atoms with E-state index in [1.807, 2.05) is 0 Å². The molecule has 1 aromatic rings. The van der Waals surface area contributed by atoms with Crippen molar-refractivity contribution in [3.63, 3.8) is 0 Å². The summed E-state index contributed by atoms with van der Waals surface area (Å²) in [5, 5.41) is 14.0. The minimum absolute atomic E-state index is 0.0205. The Balaban J connectivity index is 1.50. The van der Waals surface area contributed by atoms with Crippen LogP contribution in [0.3, 0.4) is 0 Å². The first-order valence-corrected chi connectivity index (χ1v) is 9.46. The summed E-state index contributed by atoms with van der Waals surface area (Å²) in [4.78, 5) is 34.6. The quantitative estimate of drug-likeness (QED) is 0.717. The van der Waals surface area contributed by atoms with Gasteiger partial charge in [0.2, 0.25) is 5.91 Å². The van der Waals surface area contributed by atoms with Gasteiger partial charge in [-0.15, -0.1) is 0 Å². The fourth-order valence-corrected chi connectivity index (χ4v) is 4.01. The van der Waals surface area contributed by atoms with Gasteiger partial charge in [0.05, 0.1) is 5.60 Å². The summed E-state index contributed by atoms with van der Waals surface area (Å²) in [6.45, 7) is 5.12. The number of carbonyl (C=O) groups is 2. The van der Waals surface area contributed by atoms with Gasteiger partial charge in [0.1, 0.15) is 0 Å². The van der Waals surface area contributed by atoms with Crippen molar-refractivity contribution < 1.29 is 14.7 Å². The lowest BCUT2D eigenvalue weighted by Crippen LogP contribution is -2.50. The molecule has 2 saturated heterocycles. The second kappa shape index (κ2) is 8.18. The van der Waals surface area contributed by atoms with Gasteiger partial charge in [-0.05, 0) is 32.1 Å². The molecule has 2 fully saturated rings. The molecule has 26 heavy (non-hydrogen) atoms. The highest BCUT2D eigenvalue weighted by Crippen LogP contribution is 2.25. The molecular formula is C18H29N5O3. The number of nitrogens with zero attached hydrogens (tertiary/aromatic N) is 3. The largest absolute Gasteiger partial charge is 0.388 e. The molecule has 1 atom stereocenters. The molecule has 3 heterocycles. The molecule has 2 aliphatic heterocycles. The zero-order valence-electron chi connectivity index (χ0n) is 15.4. The van der Waals surface area contributed by atoms with Crippen molar-refractivity contribution in [3.05, 3.63) is 18.2 Å². The van der Waals surface area contributed by atoms with Crippen molar-refractivity contribution in [1.29, 1.82) is 0 Å². The monoisotopic (exact) mass is 363 g/mol. The summed E-state index contributed by atoms with van der Waals surface area (Å²) in [5.41, 5.74) is -0.765. The van der Waals surface area contributed by atoms with Gasteiger partial charge in [-0.2, -0.15) is 0 Å². The smallest absolute Gasteiger partial charge is 0.289 e. The van der Waals surface area contributed by atoms with Crippen LogP contribution < -0.4 is 5.32 Å². The van der Waals surface area contributed by atoms with Crippen molar-refractivity contribution in [3.8, 4) is 0 Å². The van der Waals surface area contributed by atoms with Crippen LogP contribution in [0.25, 0.3) is 0 Å². The Kier molecular flexibility index (Phi) is 5.93. The average molecular weight is 363 g/mol. The van der Waals surface area contributed by atoms with Crippen molar-refractivity contribution >= 4 is 11.8 Å². The van der Waals surface area contributed by atoms with E-state index in [-0.39, 0.29) is 17.9 Å². The molecule has 8 nitrogen and oxygen atoms in total. The van der Waals surface area contributed by atoms with E-state index in [1.54, 1.807) is 24.2 Å². The van der Waals surface area contributed by atoms with Crippen LogP contribution in [0.2, 0.25) is 0 Å². The number of β-amino-alcohol motifs (C(OH)–C–C–N with tert-alkyl or cyclic N) is 1. The van der Waals surface area contributed by atoms with Gasteiger partial charge in [0.15, 0.2) is 5.82 Å². The summed E-state index contributed by atoms with van der Waals surface area (Å²) in [6.07, 6.45) is 7.10. The summed E-state index contributed by atoms with van der Waals surface area (Å²) in [6, 6.07) is 0.244. The topological polar surface area (TPSA) is 102 Å². The molecule has 0 bridgehead atoms. The van der Waals surface area contributed by atoms with Crippen LogP contribution in [0.5, 0.6) is 0 Å². The standard InChI is InChI=1S/C18H29N5O3/c1-14(24)21-15-3-10-22(11-4-15)13-18(26)5-2-9-23(12-6-18)17(25)16-19-7-8-20-16/h7-8,15,26H,2-6,9-13H2,1H3,(H,19,20)(H,21,24)/t18-/m0/s1. The van der Waals surface area contributed by atoms with Crippen LogP contribution in [0, 0.1) is 0 Å². The number of H-pyrrole nitrogens is 1. The molecular weight excluding hydrogens is 334 g/mol. The number of rotatable bonds is 4. The first-order chi connectivity index (χ1) is 12.5. The maximum absolute atomic E-state index is 12.4. The van der Waals surface area contributed by atoms with E-state index in [0.29, 0.717) is 38.3 Å². The third-order valence-corrected chi connectivity index (χ3v) is 5.42. The SMILES string of the molecule is CC(=O)NC1CCN(C[C@]2(O)CCCN(C(=O)c3ncc[nH]3)CC2)CC1. The van der Waals surface area contributed by atoms with E-state index in [1.165, 1.54) is 0 Å². The third-order valence-electron chi connectivity index (χ3n) is 5.42. The molecule has 3 rings (SSSR count). The number of hydrogen-bond donors (Lipinski definition) is 3. The van der Waals surface area contributed by atoms with E-state index in [2.05, 4.69) is 20.2 Å². The fourth-order valence-electron chi connectivity index (χ4n) is 4.01. The molecule has 0 unspecified atom stereocenters. The zero-order valence-corrected chi connectivity index (χ0v) is 15.4. The van der Waals surface area contributed by atoms with E-state index in [4.69, 9.17) is 0 Å². The van der Waals surface area contributed by atoms with E-state index in [9.17, 15) is 14.7 Å². The Morgan fingerprint density at radius 2 is 2.08 bits per heavy atom. The Bertz CT molecular complexity index is 612. The minimum Gasteiger partial charge on any atom is -0.388 e. The molecule has 0 radical (unpaired) electrons. The van der Waals surface area contributed by atoms with Crippen LogP contribution in [-0.4, -0.2) is 81.1 Å². The van der Waals surface area contributed by atoms with E-state index >= 15 is 0 Å². The molecule has 0 aromatic carbocycles. The van der Waals surface area contributed by atoms with E-state index in [0.717, 1.165) is 32.4 Å². The van der Waals surface area contributed by atoms with Crippen LogP contribution >= 0.6 is 0 Å². The Morgan fingerprint density at radius 3 is 2.73 bits per heavy atom. The van der Waals surface area contributed by atoms with Crippen molar-refractivity contribution in [2.24, 2.45) is 0 Å². The summed E-state index contributed by atoms with van der Waals surface area (Å²) >= 11 is 0. The molecule has 0 spiro atoms. The number of likely N-dealkylation sites (tertiary alicyclic amines) is 2. The minimum atomic E-state index is -0.765. The number of nitrogens with one attached hydrogen (secondary N) is 2. The van der Waals surface area contributed by atoms with Crippen molar-refractivity contribution in [2.75, 3.05) is 32.7 Å². The Morgan fingerprint density at radius 1 is 1.31 bits per heavy atom. The van der Waals surface area contributed by atoms with Gasteiger partial charge in [-0.1, -0.05) is 0 Å². The molecule has 8 heteroatoms. The lowest BCUT2D eigenvalue weighted by Gasteiger charge is -2.38. The number of hydrogen-bond acceptors (Lipinski definition) is 5. The van der Waals surface area contributed by atoms with Gasteiger partial charge in [-0.25, -0.2) is 4.98 Å². The van der Waals surface area contributed by atoms with Crippen LogP contribution in [0.15, 0.2) is 12.4 Å². The molecule has 2 aliphatic rings. The van der Waals surface area contributed by atoms with Crippen LogP contribution in [0.4, 0.5) is 0 Å². The van der Waals surface area contributed by atoms with Gasteiger partial charge < -0.3 is 25.2 Å². The number of carbonyl (C=O) groups excluding carboxylic acids is 2. The van der Waals surface area contributed by atoms with Crippen molar-refractivity contribution in [2.45, 2.75) is 50.7 Å². The van der Waals surface area contributed by atoms with Crippen molar-refractivity contribution in [1.82, 2.24) is 25.1 Å². The highest BCUT2D eigenvalue weighted by atomic mass is 16.3. The van der Waals surface area contributed by atoms with Gasteiger partial charge in [-0.3, -0.25) is 9.59 Å². The lowest BCUT2D eigenvalue weighted by molar-refractivity contribution is -0.120. The maximum Gasteiger partial charge on any atom is 0.289 e. The highest BCUT2D eigenvalue weighted by molar-refractivity contribution is 5.90. The molecule has 2 amide bonds. The summed E-state index contributed by atoms with van der Waals surface area (Å²) in [5.74, 6) is 0.276. The zero-order chi connectivity index (χ0) is 18.6. The number of piperidine rings is 1. The summed E-state index contributed by atoms with van der Waals surface area (Å²) < 4.78 is 0. The Labute approximate surface area is 154 Å². The molecule has 144 valence electrons. The molecule has 3 N–H and O–H groups in total. The second-order valence-electron chi connectivity index (χ2n) is 7.56. The highest BCUT2D eigenvalue weighted by Gasteiger charge is 2.34. The number of aromatic amines is 1. The normalized spacial score (nSPS) is 25.7. The maximum atomic E-state index is 12.4. The molecule has 0 aliphatic carbocycles. The van der Waals surface area contributed by atoms with Crippen LogP contribution in [0.1, 0.15) is 49.6 Å². The Hall–Kier alpha value is -1.93. The lowest BCUT2D eigenvalue weighted by atomic mass is 9.93. The molecule has 0 saturated carbocycles. The second-order valence-corrected chi connectivity index (χ2v) is 7.56. The van der Waals surface area contributed by atoms with Gasteiger partial charge in [0, 0.05) is 58.1 Å².